The van der Waals surface area contributed by atoms with Gasteiger partial charge < -0.3 is 20.1 Å². The highest BCUT2D eigenvalue weighted by Gasteiger charge is 2.26. The van der Waals surface area contributed by atoms with E-state index in [-0.39, 0.29) is 17.7 Å². The van der Waals surface area contributed by atoms with Gasteiger partial charge in [-0.3, -0.25) is 15.5 Å². The molecule has 1 aliphatic rings. The van der Waals surface area contributed by atoms with E-state index in [1.807, 2.05) is 54.6 Å². The number of benzene rings is 3. The van der Waals surface area contributed by atoms with Gasteiger partial charge in [0.05, 0.1) is 17.9 Å². The molecule has 37 heavy (non-hydrogen) atoms. The zero-order valence-corrected chi connectivity index (χ0v) is 21.3. The van der Waals surface area contributed by atoms with Crippen molar-refractivity contribution in [3.8, 4) is 5.75 Å². The fraction of sp³-hybridized carbons (Fsp3) is 0.276. The van der Waals surface area contributed by atoms with Crippen LogP contribution in [0.3, 0.4) is 0 Å². The number of hydrogen-bond acceptors (Lipinski definition) is 6. The summed E-state index contributed by atoms with van der Waals surface area (Å²) in [5.74, 6) is 0.610. The van der Waals surface area contributed by atoms with Gasteiger partial charge in [-0.05, 0) is 69.7 Å². The number of amidine groups is 1. The standard InChI is InChI=1S/C29H32N4O4/c1-29(2,3)37-28(35)33-26(30)19-13-14-25-23(17-19)20(18-36-25)15-16-31-27(34)22-11-7-8-12-24(22)32-21-9-5-4-6-10-21/h4-14,17,20,32H,15-16,18H2,1-3H3,(H,31,34)(H2,30,33,35). The fourth-order valence-electron chi connectivity index (χ4n) is 4.07. The first kappa shape index (κ1) is 25.8. The molecule has 0 aliphatic carbocycles. The first-order valence-corrected chi connectivity index (χ1v) is 12.2. The van der Waals surface area contributed by atoms with Gasteiger partial charge in [-0.2, -0.15) is 0 Å². The molecule has 0 bridgehead atoms. The number of anilines is 2. The second-order valence-corrected chi connectivity index (χ2v) is 9.84. The molecule has 0 radical (unpaired) electrons. The van der Waals surface area contributed by atoms with Gasteiger partial charge in [-0.15, -0.1) is 0 Å². The Kier molecular flexibility index (Phi) is 7.77. The van der Waals surface area contributed by atoms with Crippen LogP contribution in [-0.4, -0.2) is 36.6 Å². The van der Waals surface area contributed by atoms with Crippen LogP contribution in [0, 0.1) is 5.41 Å². The Hall–Kier alpha value is -4.33. The SMILES string of the molecule is CC(C)(C)OC(=O)NC(=N)c1ccc2c(c1)C(CCNC(=O)c1ccccc1Nc1ccccc1)CO2. The van der Waals surface area contributed by atoms with Gasteiger partial charge in [0.25, 0.3) is 5.91 Å². The summed E-state index contributed by atoms with van der Waals surface area (Å²) in [6.07, 6.45) is -0.000848. The van der Waals surface area contributed by atoms with Gasteiger partial charge >= 0.3 is 6.09 Å². The first-order chi connectivity index (χ1) is 17.7. The summed E-state index contributed by atoms with van der Waals surface area (Å²) in [5, 5.41) is 17.1. The number of hydrogen-bond donors (Lipinski definition) is 4. The van der Waals surface area contributed by atoms with Crippen LogP contribution in [-0.2, 0) is 4.74 Å². The topological polar surface area (TPSA) is 113 Å². The molecule has 1 aliphatic heterocycles. The monoisotopic (exact) mass is 500 g/mol. The molecule has 8 heteroatoms. The molecule has 192 valence electrons. The van der Waals surface area contributed by atoms with Crippen LogP contribution in [0.15, 0.2) is 72.8 Å². The minimum atomic E-state index is -0.671. The van der Waals surface area contributed by atoms with Crippen LogP contribution in [0.25, 0.3) is 0 Å². The third-order valence-electron chi connectivity index (χ3n) is 5.81. The highest BCUT2D eigenvalue weighted by atomic mass is 16.6. The van der Waals surface area contributed by atoms with Crippen molar-refractivity contribution in [3.63, 3.8) is 0 Å². The van der Waals surface area contributed by atoms with Crippen molar-refractivity contribution in [1.82, 2.24) is 10.6 Å². The van der Waals surface area contributed by atoms with E-state index in [9.17, 15) is 9.59 Å². The van der Waals surface area contributed by atoms with Gasteiger partial charge in [0.2, 0.25) is 0 Å². The largest absolute Gasteiger partial charge is 0.493 e. The van der Waals surface area contributed by atoms with Crippen LogP contribution in [0.4, 0.5) is 16.2 Å². The van der Waals surface area contributed by atoms with E-state index in [1.165, 1.54) is 0 Å². The van der Waals surface area contributed by atoms with Gasteiger partial charge in [-0.25, -0.2) is 4.79 Å². The molecule has 3 aromatic rings. The van der Waals surface area contributed by atoms with Gasteiger partial charge in [0, 0.05) is 29.3 Å². The molecule has 0 aromatic heterocycles. The van der Waals surface area contributed by atoms with Gasteiger partial charge in [0.15, 0.2) is 0 Å². The average molecular weight is 501 g/mol. The third-order valence-corrected chi connectivity index (χ3v) is 5.81. The highest BCUT2D eigenvalue weighted by molar-refractivity contribution is 6.04. The predicted molar refractivity (Wildman–Crippen MR) is 144 cm³/mol. The van der Waals surface area contributed by atoms with Crippen molar-refractivity contribution in [2.75, 3.05) is 18.5 Å². The van der Waals surface area contributed by atoms with E-state index in [4.69, 9.17) is 14.9 Å². The van der Waals surface area contributed by atoms with Crippen molar-refractivity contribution < 1.29 is 19.1 Å². The molecule has 0 saturated carbocycles. The molecule has 4 rings (SSSR count). The number of amides is 2. The van der Waals surface area contributed by atoms with Crippen LogP contribution >= 0.6 is 0 Å². The summed E-state index contributed by atoms with van der Waals surface area (Å²) in [4.78, 5) is 25.0. The molecular formula is C29H32N4O4. The minimum absolute atomic E-state index is 0.0430. The number of carbonyl (C=O) groups excluding carboxylic acids is 2. The number of para-hydroxylation sites is 2. The summed E-state index contributed by atoms with van der Waals surface area (Å²) in [6, 6.07) is 22.5. The Morgan fingerprint density at radius 3 is 2.51 bits per heavy atom. The van der Waals surface area contributed by atoms with Crippen molar-refractivity contribution >= 4 is 29.2 Å². The number of rotatable bonds is 7. The Morgan fingerprint density at radius 2 is 1.76 bits per heavy atom. The number of ether oxygens (including phenoxy) is 2. The summed E-state index contributed by atoms with van der Waals surface area (Å²) >= 11 is 0. The van der Waals surface area contributed by atoms with E-state index in [0.717, 1.165) is 22.7 Å². The summed E-state index contributed by atoms with van der Waals surface area (Å²) in [7, 11) is 0. The maximum Gasteiger partial charge on any atom is 0.413 e. The van der Waals surface area contributed by atoms with Crippen LogP contribution < -0.4 is 20.7 Å². The number of nitrogens with one attached hydrogen (secondary N) is 4. The second-order valence-electron chi connectivity index (χ2n) is 9.84. The summed E-state index contributed by atoms with van der Waals surface area (Å²) < 4.78 is 11.1. The molecule has 4 N–H and O–H groups in total. The smallest absolute Gasteiger partial charge is 0.413 e. The lowest BCUT2D eigenvalue weighted by molar-refractivity contribution is 0.0563. The summed E-state index contributed by atoms with van der Waals surface area (Å²) in [5.41, 5.74) is 3.08. The quantitative estimate of drug-likeness (QED) is 0.250. The number of fused-ring (bicyclic) bond motifs is 1. The lowest BCUT2D eigenvalue weighted by Gasteiger charge is -2.20. The molecule has 1 heterocycles. The maximum absolute atomic E-state index is 13.0. The Bertz CT molecular complexity index is 1280. The van der Waals surface area contributed by atoms with E-state index < -0.39 is 11.7 Å². The number of carbonyl (C=O) groups is 2. The van der Waals surface area contributed by atoms with Gasteiger partial charge in [0.1, 0.15) is 17.2 Å². The van der Waals surface area contributed by atoms with Crippen LogP contribution in [0.5, 0.6) is 5.75 Å². The molecule has 3 aromatic carbocycles. The normalized spacial score (nSPS) is 14.2. The molecule has 0 spiro atoms. The minimum Gasteiger partial charge on any atom is -0.493 e. The maximum atomic E-state index is 13.0. The molecule has 2 amide bonds. The zero-order valence-electron chi connectivity index (χ0n) is 21.3. The predicted octanol–water partition coefficient (Wildman–Crippen LogP) is 5.58. The highest BCUT2D eigenvalue weighted by Crippen LogP contribution is 2.36. The molecular weight excluding hydrogens is 468 g/mol. The van der Waals surface area contributed by atoms with Gasteiger partial charge in [-0.1, -0.05) is 30.3 Å². The van der Waals surface area contributed by atoms with E-state index in [2.05, 4.69) is 16.0 Å². The fourth-order valence-corrected chi connectivity index (χ4v) is 4.07. The van der Waals surface area contributed by atoms with E-state index in [1.54, 1.807) is 39.0 Å². The number of alkyl carbamates (subject to hydrolysis) is 1. The Morgan fingerprint density at radius 1 is 1.03 bits per heavy atom. The lowest BCUT2D eigenvalue weighted by atomic mass is 9.96. The van der Waals surface area contributed by atoms with Crippen LogP contribution in [0.1, 0.15) is 54.6 Å². The second kappa shape index (κ2) is 11.2. The van der Waals surface area contributed by atoms with Crippen molar-refractivity contribution in [2.45, 2.75) is 38.7 Å². The summed E-state index contributed by atoms with van der Waals surface area (Å²) in [6.45, 7) is 6.26. The van der Waals surface area contributed by atoms with Crippen molar-refractivity contribution in [1.29, 1.82) is 5.41 Å². The van der Waals surface area contributed by atoms with E-state index in [0.29, 0.717) is 30.7 Å². The molecule has 8 nitrogen and oxygen atoms in total. The first-order valence-electron chi connectivity index (χ1n) is 12.2. The van der Waals surface area contributed by atoms with Crippen LogP contribution in [0.2, 0.25) is 0 Å². The lowest BCUT2D eigenvalue weighted by Crippen LogP contribution is -2.36. The third kappa shape index (κ3) is 6.88. The van der Waals surface area contributed by atoms with Crippen molar-refractivity contribution in [2.24, 2.45) is 0 Å². The Balaban J connectivity index is 1.35. The average Bonchev–Trinajstić information content (AvgIpc) is 3.26. The van der Waals surface area contributed by atoms with E-state index >= 15 is 0 Å². The zero-order chi connectivity index (χ0) is 26.4. The van der Waals surface area contributed by atoms with Crippen molar-refractivity contribution in [3.05, 3.63) is 89.5 Å². The molecule has 1 unspecified atom stereocenters. The Labute approximate surface area is 216 Å². The molecule has 0 fully saturated rings. The molecule has 1 atom stereocenters. The molecule has 0 saturated heterocycles.